The number of likely N-dealkylation sites (N-methyl/N-ethyl adjacent to an activating group) is 1. The van der Waals surface area contributed by atoms with E-state index in [1.807, 2.05) is 31.2 Å². The molecule has 5 heteroatoms. The van der Waals surface area contributed by atoms with Gasteiger partial charge in [0.2, 0.25) is 0 Å². The summed E-state index contributed by atoms with van der Waals surface area (Å²) in [4.78, 5) is 2.33. The molecule has 3 rings (SSSR count). The average Bonchev–Trinajstić information content (AvgIpc) is 2.55. The summed E-state index contributed by atoms with van der Waals surface area (Å²) >= 11 is 0. The van der Waals surface area contributed by atoms with Gasteiger partial charge in [-0.1, -0.05) is 18.2 Å². The van der Waals surface area contributed by atoms with Crippen LogP contribution >= 0.6 is 0 Å². The van der Waals surface area contributed by atoms with Crippen molar-refractivity contribution in [3.8, 4) is 17.3 Å². The number of anilines is 1. The number of nitrogens with one attached hydrogen (secondary N) is 1. The van der Waals surface area contributed by atoms with Gasteiger partial charge in [0.05, 0.1) is 17.3 Å². The minimum Gasteiger partial charge on any atom is -0.365 e. The van der Waals surface area contributed by atoms with Crippen molar-refractivity contribution in [2.45, 2.75) is 25.8 Å². The molecule has 1 aliphatic heterocycles. The summed E-state index contributed by atoms with van der Waals surface area (Å²) in [5, 5.41) is 21.4. The zero-order valence-electron chi connectivity index (χ0n) is 13.6. The molecule has 1 aromatic carbocycles. The smallest absolute Gasteiger partial charge is 0.149 e. The number of hydrogen-bond donors (Lipinski definition) is 1. The summed E-state index contributed by atoms with van der Waals surface area (Å²) in [6.45, 7) is 4.20. The third-order valence-electron chi connectivity index (χ3n) is 4.26. The van der Waals surface area contributed by atoms with Crippen LogP contribution < -0.4 is 5.32 Å². The predicted octanol–water partition coefficient (Wildman–Crippen LogP) is 2.83. The Kier molecular flexibility index (Phi) is 4.54. The molecule has 1 aliphatic rings. The Bertz CT molecular complexity index is 734. The Hall–Kier alpha value is -2.45. The number of nitrogens with zero attached hydrogens (tertiary/aromatic N) is 4. The van der Waals surface area contributed by atoms with Gasteiger partial charge in [-0.15, -0.1) is 10.2 Å². The van der Waals surface area contributed by atoms with Gasteiger partial charge in [0, 0.05) is 18.2 Å². The summed E-state index contributed by atoms with van der Waals surface area (Å²) in [5.74, 6) is 0.806. The van der Waals surface area contributed by atoms with Gasteiger partial charge >= 0.3 is 0 Å². The van der Waals surface area contributed by atoms with E-state index in [4.69, 9.17) is 0 Å². The van der Waals surface area contributed by atoms with Crippen molar-refractivity contribution in [2.75, 3.05) is 25.5 Å². The number of benzene rings is 1. The number of nitriles is 1. The lowest BCUT2D eigenvalue weighted by atomic mass is 10.0. The minimum absolute atomic E-state index is 0.416. The van der Waals surface area contributed by atoms with Crippen LogP contribution in [-0.2, 0) is 0 Å². The van der Waals surface area contributed by atoms with Crippen LogP contribution in [0, 0.1) is 18.3 Å². The Labute approximate surface area is 137 Å². The van der Waals surface area contributed by atoms with Crippen LogP contribution in [0.5, 0.6) is 0 Å². The highest BCUT2D eigenvalue weighted by Crippen LogP contribution is 2.25. The molecule has 1 N–H and O–H groups in total. The highest BCUT2D eigenvalue weighted by molar-refractivity contribution is 5.70. The molecule has 118 valence electrons. The first-order valence-electron chi connectivity index (χ1n) is 7.96. The Morgan fingerprint density at radius 2 is 2.13 bits per heavy atom. The van der Waals surface area contributed by atoms with Gasteiger partial charge in [-0.2, -0.15) is 5.26 Å². The number of aromatic nitrogens is 2. The zero-order chi connectivity index (χ0) is 16.2. The van der Waals surface area contributed by atoms with Gasteiger partial charge in [0.25, 0.3) is 0 Å². The van der Waals surface area contributed by atoms with Crippen LogP contribution in [0.1, 0.15) is 24.0 Å². The fraction of sp³-hybridized carbons (Fsp3) is 0.389. The highest BCUT2D eigenvalue weighted by Gasteiger charge is 2.18. The van der Waals surface area contributed by atoms with Crippen LogP contribution in [0.3, 0.4) is 0 Å². The number of likely N-dealkylation sites (tertiary alicyclic amines) is 1. The molecule has 0 unspecified atom stereocenters. The lowest BCUT2D eigenvalue weighted by Crippen LogP contribution is -2.39. The molecule has 0 spiro atoms. The van der Waals surface area contributed by atoms with Crippen LogP contribution in [0.15, 0.2) is 30.3 Å². The van der Waals surface area contributed by atoms with Gasteiger partial charge in [-0.3, -0.25) is 0 Å². The SMILES string of the molecule is Cc1cc(N[C@@H]2CCCN(C)C2)nnc1-c1ccccc1C#N. The van der Waals surface area contributed by atoms with Crippen molar-refractivity contribution in [3.63, 3.8) is 0 Å². The van der Waals surface area contributed by atoms with Gasteiger partial charge in [0.1, 0.15) is 5.82 Å². The summed E-state index contributed by atoms with van der Waals surface area (Å²) in [6, 6.07) is 12.2. The quantitative estimate of drug-likeness (QED) is 0.944. The van der Waals surface area contributed by atoms with Crippen LogP contribution in [0.4, 0.5) is 5.82 Å². The molecule has 0 aliphatic carbocycles. The van der Waals surface area contributed by atoms with Crippen molar-refractivity contribution in [3.05, 3.63) is 41.5 Å². The van der Waals surface area contributed by atoms with E-state index in [1.165, 1.54) is 6.42 Å². The summed E-state index contributed by atoms with van der Waals surface area (Å²) < 4.78 is 0. The Morgan fingerprint density at radius 1 is 1.30 bits per heavy atom. The number of rotatable bonds is 3. The first kappa shape index (κ1) is 15.4. The second-order valence-electron chi connectivity index (χ2n) is 6.16. The molecular weight excluding hydrogens is 286 g/mol. The normalized spacial score (nSPS) is 18.4. The second kappa shape index (κ2) is 6.76. The van der Waals surface area contributed by atoms with Crippen LogP contribution in [0.25, 0.3) is 11.3 Å². The standard InChI is InChI=1S/C18H21N5/c1-13-10-17(20-15-7-5-9-23(2)12-15)21-22-18(13)16-8-4-3-6-14(16)11-19/h3-4,6,8,10,15H,5,7,9,12H2,1-2H3,(H,20,21)/t15-/m1/s1. The van der Waals surface area contributed by atoms with Crippen molar-refractivity contribution >= 4 is 5.82 Å². The fourth-order valence-electron chi connectivity index (χ4n) is 3.10. The van der Waals surface area contributed by atoms with E-state index < -0.39 is 0 Å². The third kappa shape index (κ3) is 3.49. The fourth-order valence-corrected chi connectivity index (χ4v) is 3.10. The molecule has 2 heterocycles. The molecule has 0 amide bonds. The molecule has 5 nitrogen and oxygen atoms in total. The predicted molar refractivity (Wildman–Crippen MR) is 91.1 cm³/mol. The van der Waals surface area contributed by atoms with Crippen molar-refractivity contribution in [1.82, 2.24) is 15.1 Å². The number of aryl methyl sites for hydroxylation is 1. The maximum Gasteiger partial charge on any atom is 0.149 e. The van der Waals surface area contributed by atoms with Crippen LogP contribution in [0.2, 0.25) is 0 Å². The largest absolute Gasteiger partial charge is 0.365 e. The monoisotopic (exact) mass is 307 g/mol. The van der Waals surface area contributed by atoms with Crippen molar-refractivity contribution in [2.24, 2.45) is 0 Å². The van der Waals surface area contributed by atoms with Gasteiger partial charge in [0.15, 0.2) is 0 Å². The maximum atomic E-state index is 9.25. The second-order valence-corrected chi connectivity index (χ2v) is 6.16. The lowest BCUT2D eigenvalue weighted by molar-refractivity contribution is 0.260. The first-order valence-corrected chi connectivity index (χ1v) is 7.96. The topological polar surface area (TPSA) is 64.8 Å². The summed E-state index contributed by atoms with van der Waals surface area (Å²) in [7, 11) is 2.15. The van der Waals surface area contributed by atoms with E-state index in [0.29, 0.717) is 11.6 Å². The zero-order valence-corrected chi connectivity index (χ0v) is 13.6. The summed E-state index contributed by atoms with van der Waals surface area (Å²) in [6.07, 6.45) is 2.36. The molecule has 1 fully saturated rings. The van der Waals surface area contributed by atoms with E-state index in [-0.39, 0.29) is 0 Å². The van der Waals surface area contributed by atoms with Gasteiger partial charge < -0.3 is 10.2 Å². The van der Waals surface area contributed by atoms with Crippen molar-refractivity contribution < 1.29 is 0 Å². The lowest BCUT2D eigenvalue weighted by Gasteiger charge is -2.30. The van der Waals surface area contributed by atoms with E-state index in [1.54, 1.807) is 6.07 Å². The van der Waals surface area contributed by atoms with Crippen molar-refractivity contribution in [1.29, 1.82) is 5.26 Å². The Balaban J connectivity index is 1.82. The van der Waals surface area contributed by atoms with Gasteiger partial charge in [-0.05, 0) is 51.1 Å². The molecule has 0 radical (unpaired) electrons. The highest BCUT2D eigenvalue weighted by atomic mass is 15.2. The molecule has 1 atom stereocenters. The first-order chi connectivity index (χ1) is 11.2. The minimum atomic E-state index is 0.416. The van der Waals surface area contributed by atoms with E-state index in [9.17, 15) is 5.26 Å². The number of piperidine rings is 1. The molecule has 2 aromatic rings. The Morgan fingerprint density at radius 3 is 2.87 bits per heavy atom. The molecule has 1 aromatic heterocycles. The summed E-state index contributed by atoms with van der Waals surface area (Å²) in [5.41, 5.74) is 3.26. The van der Waals surface area contributed by atoms with Gasteiger partial charge in [-0.25, -0.2) is 0 Å². The molecular formula is C18H21N5. The number of hydrogen-bond acceptors (Lipinski definition) is 5. The maximum absolute atomic E-state index is 9.25. The van der Waals surface area contributed by atoms with E-state index >= 15 is 0 Å². The molecule has 0 bridgehead atoms. The average molecular weight is 307 g/mol. The molecule has 0 saturated carbocycles. The molecule has 23 heavy (non-hydrogen) atoms. The molecule has 1 saturated heterocycles. The van der Waals surface area contributed by atoms with E-state index in [2.05, 4.69) is 33.5 Å². The van der Waals surface area contributed by atoms with Crippen LogP contribution in [-0.4, -0.2) is 41.3 Å². The van der Waals surface area contributed by atoms with E-state index in [0.717, 1.165) is 42.1 Å². The third-order valence-corrected chi connectivity index (χ3v) is 4.26.